The van der Waals surface area contributed by atoms with Gasteiger partial charge in [0.25, 0.3) is 0 Å². The quantitative estimate of drug-likeness (QED) is 0.757. The smallest absolute Gasteiger partial charge is 0.372 e. The highest BCUT2D eigenvalue weighted by Crippen LogP contribution is 2.13. The third-order valence-electron chi connectivity index (χ3n) is 1.48. The lowest BCUT2D eigenvalue weighted by molar-refractivity contribution is -0.174. The number of nitrogens with one attached hydrogen (secondary N) is 1. The number of halogens is 4. The number of ether oxygens (including phenoxy) is 1. The van der Waals surface area contributed by atoms with E-state index in [9.17, 15) is 22.8 Å². The molecule has 0 fully saturated rings. The van der Waals surface area contributed by atoms with E-state index in [1.165, 1.54) is 7.11 Å². The van der Waals surface area contributed by atoms with Gasteiger partial charge in [0.15, 0.2) is 5.78 Å². The van der Waals surface area contributed by atoms with Crippen molar-refractivity contribution in [1.82, 2.24) is 5.32 Å². The van der Waals surface area contributed by atoms with Gasteiger partial charge >= 0.3 is 12.1 Å². The number of alkyl halides is 4. The Hall–Kier alpha value is -0.630. The molecule has 0 heterocycles. The summed E-state index contributed by atoms with van der Waals surface area (Å²) in [6.45, 7) is -0.501. The van der Waals surface area contributed by atoms with E-state index in [4.69, 9.17) is 0 Å². The summed E-state index contributed by atoms with van der Waals surface area (Å²) < 4.78 is 39.8. The summed E-state index contributed by atoms with van der Waals surface area (Å²) in [5, 5.41) is 1.51. The molecular formula is C7H9BrF3NO3. The molecule has 0 aromatic heterocycles. The third kappa shape index (κ3) is 5.12. The van der Waals surface area contributed by atoms with E-state index in [1.807, 2.05) is 0 Å². The summed E-state index contributed by atoms with van der Waals surface area (Å²) in [6.07, 6.45) is -6.02. The number of rotatable bonds is 5. The van der Waals surface area contributed by atoms with Crippen molar-refractivity contribution in [2.45, 2.75) is 12.3 Å². The SMILES string of the molecule is COC(CNC(=O)C(F)(F)F)C(=O)CBr. The maximum absolute atomic E-state index is 11.7. The Balaban J connectivity index is 4.13. The third-order valence-corrected chi connectivity index (χ3v) is 2.03. The van der Waals surface area contributed by atoms with Crippen LogP contribution < -0.4 is 5.32 Å². The zero-order valence-corrected chi connectivity index (χ0v) is 9.31. The van der Waals surface area contributed by atoms with Crippen LogP contribution in [0.3, 0.4) is 0 Å². The maximum atomic E-state index is 11.7. The average molecular weight is 292 g/mol. The van der Waals surface area contributed by atoms with Crippen molar-refractivity contribution in [1.29, 1.82) is 0 Å². The van der Waals surface area contributed by atoms with Gasteiger partial charge in [-0.15, -0.1) is 0 Å². The molecule has 8 heteroatoms. The van der Waals surface area contributed by atoms with E-state index >= 15 is 0 Å². The molecule has 1 unspecified atom stereocenters. The number of ketones is 1. The van der Waals surface area contributed by atoms with E-state index in [-0.39, 0.29) is 5.33 Å². The van der Waals surface area contributed by atoms with E-state index < -0.39 is 30.5 Å². The lowest BCUT2D eigenvalue weighted by atomic mass is 10.2. The van der Waals surface area contributed by atoms with Gasteiger partial charge in [0.2, 0.25) is 0 Å². The van der Waals surface area contributed by atoms with Gasteiger partial charge < -0.3 is 10.1 Å². The van der Waals surface area contributed by atoms with Gasteiger partial charge in [-0.1, -0.05) is 15.9 Å². The van der Waals surface area contributed by atoms with Gasteiger partial charge in [0.1, 0.15) is 6.10 Å². The van der Waals surface area contributed by atoms with Crippen LogP contribution in [0.4, 0.5) is 13.2 Å². The van der Waals surface area contributed by atoms with Gasteiger partial charge in [-0.25, -0.2) is 0 Å². The number of amides is 1. The summed E-state index contributed by atoms with van der Waals surface area (Å²) >= 11 is 2.84. The number of carbonyl (C=O) groups excluding carboxylic acids is 2. The monoisotopic (exact) mass is 291 g/mol. The van der Waals surface area contributed by atoms with Crippen LogP contribution in [-0.2, 0) is 14.3 Å². The molecule has 1 atom stereocenters. The summed E-state index contributed by atoms with van der Waals surface area (Å²) in [7, 11) is 1.17. The molecule has 15 heavy (non-hydrogen) atoms. The molecule has 4 nitrogen and oxygen atoms in total. The minimum absolute atomic E-state index is 0.0482. The maximum Gasteiger partial charge on any atom is 0.471 e. The Kier molecular flexibility index (Phi) is 5.81. The zero-order chi connectivity index (χ0) is 12.1. The number of methoxy groups -OCH3 is 1. The first-order chi connectivity index (χ1) is 6.82. The van der Waals surface area contributed by atoms with Gasteiger partial charge in [0.05, 0.1) is 11.9 Å². The topological polar surface area (TPSA) is 55.4 Å². The second-order valence-corrected chi connectivity index (χ2v) is 3.09. The van der Waals surface area contributed by atoms with Crippen molar-refractivity contribution < 1.29 is 27.5 Å². The van der Waals surface area contributed by atoms with Gasteiger partial charge in [-0.3, -0.25) is 9.59 Å². The minimum Gasteiger partial charge on any atom is -0.372 e. The highest BCUT2D eigenvalue weighted by molar-refractivity contribution is 9.09. The molecular weight excluding hydrogens is 283 g/mol. The van der Waals surface area contributed by atoms with Crippen molar-refractivity contribution in [2.75, 3.05) is 19.0 Å². The molecule has 0 aromatic rings. The summed E-state index contributed by atoms with van der Waals surface area (Å²) in [6, 6.07) is 0. The second-order valence-electron chi connectivity index (χ2n) is 2.53. The highest BCUT2D eigenvalue weighted by atomic mass is 79.9. The van der Waals surface area contributed by atoms with Crippen molar-refractivity contribution in [3.8, 4) is 0 Å². The Labute approximate surface area is 92.3 Å². The zero-order valence-electron chi connectivity index (χ0n) is 7.73. The van der Waals surface area contributed by atoms with Crippen LogP contribution in [0.15, 0.2) is 0 Å². The molecule has 0 saturated heterocycles. The highest BCUT2D eigenvalue weighted by Gasteiger charge is 2.38. The molecule has 0 aliphatic rings. The Bertz CT molecular complexity index is 244. The predicted molar refractivity (Wildman–Crippen MR) is 48.7 cm³/mol. The lowest BCUT2D eigenvalue weighted by Gasteiger charge is -2.14. The van der Waals surface area contributed by atoms with Crippen LogP contribution in [0.5, 0.6) is 0 Å². The van der Waals surface area contributed by atoms with Crippen LogP contribution in [0.2, 0.25) is 0 Å². The normalized spacial score (nSPS) is 13.4. The minimum atomic E-state index is -4.95. The van der Waals surface area contributed by atoms with Crippen molar-refractivity contribution in [2.24, 2.45) is 0 Å². The number of Topliss-reactive ketones (excluding diaryl/α,β-unsaturated/α-hetero) is 1. The van der Waals surface area contributed by atoms with Crippen LogP contribution in [0.25, 0.3) is 0 Å². The summed E-state index contributed by atoms with van der Waals surface area (Å²) in [5.41, 5.74) is 0. The van der Waals surface area contributed by atoms with Gasteiger partial charge in [-0.05, 0) is 0 Å². The molecule has 1 N–H and O–H groups in total. The van der Waals surface area contributed by atoms with Crippen molar-refractivity contribution >= 4 is 27.6 Å². The second kappa shape index (κ2) is 6.06. The molecule has 0 rings (SSSR count). The van der Waals surface area contributed by atoms with E-state index in [2.05, 4.69) is 20.7 Å². The molecule has 1 amide bonds. The van der Waals surface area contributed by atoms with Gasteiger partial charge in [0, 0.05) is 7.11 Å². The van der Waals surface area contributed by atoms with Crippen LogP contribution >= 0.6 is 15.9 Å². The molecule has 0 saturated carbocycles. The standard InChI is InChI=1S/C7H9BrF3NO3/c1-15-5(4(13)2-8)3-12-6(14)7(9,10)11/h5H,2-3H2,1H3,(H,12,14). The van der Waals surface area contributed by atoms with E-state index in [1.54, 1.807) is 5.32 Å². The molecule has 0 bridgehead atoms. The summed E-state index contributed by atoms with van der Waals surface area (Å²) in [4.78, 5) is 21.4. The molecule has 0 aliphatic heterocycles. The van der Waals surface area contributed by atoms with Crippen molar-refractivity contribution in [3.05, 3.63) is 0 Å². The molecule has 0 aliphatic carbocycles. The fraction of sp³-hybridized carbons (Fsp3) is 0.714. The van der Waals surface area contributed by atoms with E-state index in [0.29, 0.717) is 0 Å². The molecule has 0 aromatic carbocycles. The predicted octanol–water partition coefficient (Wildman–Crippen LogP) is 0.644. The largest absolute Gasteiger partial charge is 0.471 e. The van der Waals surface area contributed by atoms with Gasteiger partial charge in [-0.2, -0.15) is 13.2 Å². The lowest BCUT2D eigenvalue weighted by Crippen LogP contribution is -2.43. The Morgan fingerprint density at radius 1 is 1.47 bits per heavy atom. The van der Waals surface area contributed by atoms with Crippen molar-refractivity contribution in [3.63, 3.8) is 0 Å². The summed E-state index contributed by atoms with van der Waals surface area (Å²) in [5.74, 6) is -2.54. The molecule has 0 spiro atoms. The number of hydrogen-bond acceptors (Lipinski definition) is 3. The van der Waals surface area contributed by atoms with E-state index in [0.717, 1.165) is 0 Å². The molecule has 88 valence electrons. The Morgan fingerprint density at radius 3 is 2.33 bits per heavy atom. The Morgan fingerprint density at radius 2 is 2.00 bits per heavy atom. The first-order valence-electron chi connectivity index (χ1n) is 3.79. The average Bonchev–Trinajstić information content (AvgIpc) is 2.16. The first kappa shape index (κ1) is 14.4. The number of hydrogen-bond donors (Lipinski definition) is 1. The fourth-order valence-electron chi connectivity index (χ4n) is 0.700. The molecule has 0 radical (unpaired) electrons. The first-order valence-corrected chi connectivity index (χ1v) is 4.91. The fourth-order valence-corrected chi connectivity index (χ4v) is 1.06. The van der Waals surface area contributed by atoms with Crippen LogP contribution in [0.1, 0.15) is 0 Å². The van der Waals surface area contributed by atoms with Crippen LogP contribution in [0, 0.1) is 0 Å². The van der Waals surface area contributed by atoms with Crippen LogP contribution in [-0.4, -0.2) is 43.0 Å². The number of carbonyl (C=O) groups is 2.